The third kappa shape index (κ3) is 8.30. The molecular weight excluding hydrogens is 204 g/mol. The Kier molecular flexibility index (Phi) is 8.54. The largest absolute Gasteiger partial charge is 0.341 e. The zero-order chi connectivity index (χ0) is 10.1. The van der Waals surface area contributed by atoms with Crippen LogP contribution >= 0.6 is 23.5 Å². The lowest BCUT2D eigenvalue weighted by Crippen LogP contribution is -2.34. The fourth-order valence-electron chi connectivity index (χ4n) is 0.642. The van der Waals surface area contributed by atoms with Crippen molar-refractivity contribution in [2.45, 2.75) is 12.2 Å². The topological polar surface area (TPSA) is 41.1 Å². The number of nitrogens with one attached hydrogen (secondary N) is 2. The van der Waals surface area contributed by atoms with Gasteiger partial charge in [0.1, 0.15) is 0 Å². The molecule has 5 heteroatoms. The van der Waals surface area contributed by atoms with E-state index in [2.05, 4.69) is 23.8 Å². The molecule has 0 aliphatic rings. The second-order valence-corrected chi connectivity index (χ2v) is 5.05. The number of carbonyl (C=O) groups is 1. The lowest BCUT2D eigenvalue weighted by atomic mass is 10.6. The van der Waals surface area contributed by atoms with Gasteiger partial charge in [0.25, 0.3) is 0 Å². The third-order valence-electron chi connectivity index (χ3n) is 1.51. The first-order valence-electron chi connectivity index (χ1n) is 4.26. The summed E-state index contributed by atoms with van der Waals surface area (Å²) in [6.45, 7) is 2.95. The molecule has 13 heavy (non-hydrogen) atoms. The maximum Gasteiger partial charge on any atom is 0.314 e. The Morgan fingerprint density at radius 2 is 2.23 bits per heavy atom. The van der Waals surface area contributed by atoms with Crippen LogP contribution in [0.1, 0.15) is 6.92 Å². The molecule has 0 bridgehead atoms. The van der Waals surface area contributed by atoms with Crippen LogP contribution in [-0.4, -0.2) is 42.6 Å². The predicted octanol–water partition coefficient (Wildman–Crippen LogP) is 1.40. The Balaban J connectivity index is 3.12. The Morgan fingerprint density at radius 3 is 2.77 bits per heavy atom. The first-order valence-corrected chi connectivity index (χ1v) is 6.71. The van der Waals surface area contributed by atoms with E-state index >= 15 is 0 Å². The van der Waals surface area contributed by atoms with Gasteiger partial charge in [-0.05, 0) is 6.26 Å². The van der Waals surface area contributed by atoms with Crippen molar-refractivity contribution in [1.29, 1.82) is 0 Å². The number of urea groups is 1. The number of thioether (sulfide) groups is 2. The van der Waals surface area contributed by atoms with Crippen LogP contribution in [0, 0.1) is 0 Å². The van der Waals surface area contributed by atoms with Gasteiger partial charge in [-0.2, -0.15) is 23.5 Å². The molecule has 0 aromatic carbocycles. The highest BCUT2D eigenvalue weighted by molar-refractivity contribution is 8.03. The molecule has 0 radical (unpaired) electrons. The van der Waals surface area contributed by atoms with Crippen molar-refractivity contribution in [3.8, 4) is 0 Å². The number of amides is 2. The monoisotopic (exact) mass is 222 g/mol. The minimum absolute atomic E-state index is 0.0986. The summed E-state index contributed by atoms with van der Waals surface area (Å²) in [6.07, 6.45) is 2.12. The summed E-state index contributed by atoms with van der Waals surface area (Å²) in [6, 6.07) is -0.0986. The van der Waals surface area contributed by atoms with Crippen molar-refractivity contribution in [3.05, 3.63) is 0 Å². The van der Waals surface area contributed by atoms with Crippen molar-refractivity contribution >= 4 is 29.6 Å². The van der Waals surface area contributed by atoms with E-state index in [-0.39, 0.29) is 6.03 Å². The van der Waals surface area contributed by atoms with Crippen molar-refractivity contribution in [1.82, 2.24) is 10.6 Å². The second-order valence-electron chi connectivity index (χ2n) is 2.63. The van der Waals surface area contributed by atoms with Crippen LogP contribution in [0.5, 0.6) is 0 Å². The van der Waals surface area contributed by atoms with Crippen molar-refractivity contribution < 1.29 is 4.79 Å². The SMILES string of the molecule is CNC(=O)NCCSCC(C)SC. The fourth-order valence-corrected chi connectivity index (χ4v) is 2.22. The summed E-state index contributed by atoms with van der Waals surface area (Å²) >= 11 is 3.75. The molecule has 0 spiro atoms. The zero-order valence-corrected chi connectivity index (χ0v) is 10.1. The van der Waals surface area contributed by atoms with Crippen LogP contribution in [0.2, 0.25) is 0 Å². The fraction of sp³-hybridized carbons (Fsp3) is 0.875. The van der Waals surface area contributed by atoms with Gasteiger partial charge in [-0.15, -0.1) is 0 Å². The number of rotatable bonds is 6. The minimum atomic E-state index is -0.0986. The maximum atomic E-state index is 10.7. The average molecular weight is 222 g/mol. The predicted molar refractivity (Wildman–Crippen MR) is 62.8 cm³/mol. The van der Waals surface area contributed by atoms with Gasteiger partial charge in [0.2, 0.25) is 0 Å². The van der Waals surface area contributed by atoms with Crippen LogP contribution in [0.3, 0.4) is 0 Å². The molecule has 3 nitrogen and oxygen atoms in total. The third-order valence-corrected chi connectivity index (χ3v) is 3.92. The quantitative estimate of drug-likeness (QED) is 0.668. The smallest absolute Gasteiger partial charge is 0.314 e. The summed E-state index contributed by atoms with van der Waals surface area (Å²) in [4.78, 5) is 10.7. The van der Waals surface area contributed by atoms with E-state index in [0.717, 1.165) is 18.1 Å². The summed E-state index contributed by atoms with van der Waals surface area (Å²) in [5, 5.41) is 5.96. The highest BCUT2D eigenvalue weighted by atomic mass is 32.2. The standard InChI is InChI=1S/C8H18N2OS2/c1-7(12-3)6-13-5-4-10-8(11)9-2/h7H,4-6H2,1-3H3,(H2,9,10,11). The van der Waals surface area contributed by atoms with Gasteiger partial charge >= 0.3 is 6.03 Å². The van der Waals surface area contributed by atoms with E-state index in [1.807, 2.05) is 23.5 Å². The molecule has 0 aromatic rings. The van der Waals surface area contributed by atoms with Crippen LogP contribution < -0.4 is 10.6 Å². The molecule has 2 N–H and O–H groups in total. The van der Waals surface area contributed by atoms with Crippen LogP contribution in [0.25, 0.3) is 0 Å². The molecule has 0 rings (SSSR count). The molecule has 1 atom stereocenters. The molecule has 0 saturated carbocycles. The molecule has 78 valence electrons. The zero-order valence-electron chi connectivity index (χ0n) is 8.42. The van der Waals surface area contributed by atoms with Gasteiger partial charge in [0, 0.05) is 30.3 Å². The van der Waals surface area contributed by atoms with E-state index in [1.165, 1.54) is 0 Å². The van der Waals surface area contributed by atoms with Crippen molar-refractivity contribution in [2.75, 3.05) is 31.4 Å². The van der Waals surface area contributed by atoms with E-state index in [0.29, 0.717) is 5.25 Å². The van der Waals surface area contributed by atoms with E-state index in [1.54, 1.807) is 7.05 Å². The number of hydrogen-bond acceptors (Lipinski definition) is 3. The molecule has 0 aliphatic heterocycles. The Labute approximate surface area is 88.8 Å². The summed E-state index contributed by atoms with van der Waals surface area (Å²) < 4.78 is 0. The van der Waals surface area contributed by atoms with E-state index < -0.39 is 0 Å². The van der Waals surface area contributed by atoms with E-state index in [9.17, 15) is 4.79 Å². The van der Waals surface area contributed by atoms with E-state index in [4.69, 9.17) is 0 Å². The molecule has 0 fully saturated rings. The molecule has 0 aromatic heterocycles. The van der Waals surface area contributed by atoms with Gasteiger partial charge in [0.15, 0.2) is 0 Å². The van der Waals surface area contributed by atoms with Crippen LogP contribution in [-0.2, 0) is 0 Å². The Hall–Kier alpha value is -0.0300. The van der Waals surface area contributed by atoms with Crippen LogP contribution in [0.15, 0.2) is 0 Å². The normalized spacial score (nSPS) is 12.2. The highest BCUT2D eigenvalue weighted by Gasteiger charge is 1.99. The lowest BCUT2D eigenvalue weighted by molar-refractivity contribution is 0.243. The minimum Gasteiger partial charge on any atom is -0.341 e. The van der Waals surface area contributed by atoms with Gasteiger partial charge in [-0.25, -0.2) is 4.79 Å². The lowest BCUT2D eigenvalue weighted by Gasteiger charge is -2.07. The molecule has 0 saturated heterocycles. The molecule has 2 amide bonds. The molecule has 0 aliphatic carbocycles. The summed E-state index contributed by atoms with van der Waals surface area (Å²) in [7, 11) is 1.62. The van der Waals surface area contributed by atoms with Gasteiger partial charge in [-0.1, -0.05) is 6.92 Å². The van der Waals surface area contributed by atoms with Gasteiger partial charge in [0.05, 0.1) is 0 Å². The molecule has 1 unspecified atom stereocenters. The molecule has 0 heterocycles. The first kappa shape index (κ1) is 13.0. The summed E-state index contributed by atoms with van der Waals surface area (Å²) in [5.74, 6) is 2.13. The Bertz CT molecular complexity index is 144. The second kappa shape index (κ2) is 8.56. The highest BCUT2D eigenvalue weighted by Crippen LogP contribution is 2.11. The first-order chi connectivity index (χ1) is 6.20. The Morgan fingerprint density at radius 1 is 1.54 bits per heavy atom. The van der Waals surface area contributed by atoms with Gasteiger partial charge < -0.3 is 10.6 Å². The summed E-state index contributed by atoms with van der Waals surface area (Å²) in [5.41, 5.74) is 0. The van der Waals surface area contributed by atoms with Crippen molar-refractivity contribution in [2.24, 2.45) is 0 Å². The number of carbonyl (C=O) groups excluding carboxylic acids is 1. The van der Waals surface area contributed by atoms with Crippen molar-refractivity contribution in [3.63, 3.8) is 0 Å². The molecular formula is C8H18N2OS2. The maximum absolute atomic E-state index is 10.7. The van der Waals surface area contributed by atoms with Gasteiger partial charge in [-0.3, -0.25) is 0 Å². The number of hydrogen-bond donors (Lipinski definition) is 2. The van der Waals surface area contributed by atoms with Crippen LogP contribution in [0.4, 0.5) is 4.79 Å². The average Bonchev–Trinajstić information content (AvgIpc) is 2.16.